The molecule has 0 saturated carbocycles. The Morgan fingerprint density at radius 1 is 1.09 bits per heavy atom. The van der Waals surface area contributed by atoms with E-state index in [4.69, 9.17) is 26.1 Å². The Morgan fingerprint density at radius 3 is 2.56 bits per heavy atom. The highest BCUT2D eigenvalue weighted by molar-refractivity contribution is 7.92. The number of ether oxygens (including phenoxy) is 2. The largest absolute Gasteiger partial charge is 0.480 e. The van der Waals surface area contributed by atoms with Gasteiger partial charge < -0.3 is 18.4 Å². The molecule has 0 aliphatic rings. The maximum Gasteiger partial charge on any atom is 0.267 e. The second kappa shape index (κ2) is 12.5. The second-order valence-electron chi connectivity index (χ2n) is 11.7. The highest BCUT2D eigenvalue weighted by Gasteiger charge is 2.26. The van der Waals surface area contributed by atoms with Gasteiger partial charge in [-0.25, -0.2) is 32.2 Å². The van der Waals surface area contributed by atoms with Crippen LogP contribution in [0.4, 0.5) is 14.5 Å². The summed E-state index contributed by atoms with van der Waals surface area (Å²) >= 11 is 5.94. The highest BCUT2D eigenvalue weighted by Crippen LogP contribution is 2.34. The molecule has 1 N–H and O–H groups in total. The van der Waals surface area contributed by atoms with Crippen LogP contribution in [-0.2, 0) is 21.5 Å². The Labute approximate surface area is 266 Å². The number of methoxy groups -OCH3 is 1. The van der Waals surface area contributed by atoms with E-state index in [1.54, 1.807) is 16.5 Å². The average molecular weight is 675 g/mol. The third kappa shape index (κ3) is 6.73. The van der Waals surface area contributed by atoms with E-state index in [-0.39, 0.29) is 16.5 Å². The summed E-state index contributed by atoms with van der Waals surface area (Å²) < 4.78 is 74.0. The summed E-state index contributed by atoms with van der Waals surface area (Å²) in [5.74, 6) is -1.60. The molecule has 10 nitrogen and oxygen atoms in total. The number of imidazole rings is 2. The maximum atomic E-state index is 15.8. The van der Waals surface area contributed by atoms with Gasteiger partial charge in [0.2, 0.25) is 5.88 Å². The normalized spacial score (nSPS) is 12.2. The van der Waals surface area contributed by atoms with Gasteiger partial charge in [-0.05, 0) is 44.2 Å². The van der Waals surface area contributed by atoms with E-state index < -0.39 is 45.9 Å². The predicted octanol–water partition coefficient (Wildman–Crippen LogP) is 6.93. The molecular weight excluding hydrogens is 642 g/mol. The van der Waals surface area contributed by atoms with Crippen molar-refractivity contribution in [2.24, 2.45) is 0 Å². The van der Waals surface area contributed by atoms with Crippen LogP contribution in [0.1, 0.15) is 11.4 Å². The Morgan fingerprint density at radius 2 is 1.84 bits per heavy atom. The molecule has 0 aliphatic heterocycles. The van der Waals surface area contributed by atoms with Crippen molar-refractivity contribution in [1.29, 1.82) is 0 Å². The lowest BCUT2D eigenvalue weighted by molar-refractivity contribution is 0.0869. The molecule has 0 radical (unpaired) electrons. The van der Waals surface area contributed by atoms with E-state index in [9.17, 15) is 8.42 Å². The monoisotopic (exact) mass is 674 g/mol. The summed E-state index contributed by atoms with van der Waals surface area (Å²) in [6.45, 7) is 11.7. The third-order valence-corrected chi connectivity index (χ3v) is 10.6. The van der Waals surface area contributed by atoms with Gasteiger partial charge in [0.15, 0.2) is 16.5 Å². The van der Waals surface area contributed by atoms with Gasteiger partial charge in [-0.1, -0.05) is 37.3 Å². The van der Waals surface area contributed by atoms with E-state index >= 15 is 8.78 Å². The fourth-order valence-electron chi connectivity index (χ4n) is 4.70. The molecule has 1 aromatic carbocycles. The van der Waals surface area contributed by atoms with E-state index in [0.29, 0.717) is 30.4 Å². The van der Waals surface area contributed by atoms with E-state index in [1.165, 1.54) is 25.8 Å². The van der Waals surface area contributed by atoms with Crippen molar-refractivity contribution in [3.05, 3.63) is 77.1 Å². The first kappa shape index (κ1) is 32.5. The number of halogens is 3. The molecule has 45 heavy (non-hydrogen) atoms. The van der Waals surface area contributed by atoms with E-state index in [2.05, 4.69) is 34.3 Å². The number of nitrogens with one attached hydrogen (secondary N) is 1. The number of fused-ring (bicyclic) bond motifs is 1. The summed E-state index contributed by atoms with van der Waals surface area (Å²) in [4.78, 5) is 12.8. The van der Waals surface area contributed by atoms with Crippen molar-refractivity contribution in [2.75, 3.05) is 18.4 Å². The van der Waals surface area contributed by atoms with Gasteiger partial charge in [-0.2, -0.15) is 0 Å². The van der Waals surface area contributed by atoms with Crippen LogP contribution in [0.15, 0.2) is 53.9 Å². The number of rotatable bonds is 11. The SMILES string of the molecule is COc1ncc(Cl)cc1S(=O)(=O)Nc1ccc(F)c(-c2ccc3c(-c4nc(C)c(C)n4COCC[Si](C)(C)C)ncn3c2)c1F. The number of sulfonamides is 1. The lowest BCUT2D eigenvalue weighted by Crippen LogP contribution is -2.22. The lowest BCUT2D eigenvalue weighted by atomic mass is 10.0. The zero-order valence-electron chi connectivity index (χ0n) is 25.7. The minimum atomic E-state index is -4.41. The number of aryl methyl sites for hydroxylation is 1. The first-order chi connectivity index (χ1) is 21.2. The molecule has 0 spiro atoms. The zero-order chi connectivity index (χ0) is 32.7. The number of pyridine rings is 2. The summed E-state index contributed by atoms with van der Waals surface area (Å²) in [6, 6.07) is 7.37. The molecule has 4 heterocycles. The first-order valence-corrected chi connectivity index (χ1v) is 19.6. The minimum absolute atomic E-state index is 0.0341. The van der Waals surface area contributed by atoms with Crippen molar-refractivity contribution in [1.82, 2.24) is 23.9 Å². The number of aromatic nitrogens is 5. The molecule has 15 heteroatoms. The van der Waals surface area contributed by atoms with Gasteiger partial charge in [-0.3, -0.25) is 4.72 Å². The molecule has 0 bridgehead atoms. The van der Waals surface area contributed by atoms with Crippen LogP contribution >= 0.6 is 11.6 Å². The van der Waals surface area contributed by atoms with Crippen LogP contribution in [0.5, 0.6) is 5.88 Å². The average Bonchev–Trinajstić information content (AvgIpc) is 3.51. The van der Waals surface area contributed by atoms with Crippen LogP contribution < -0.4 is 9.46 Å². The van der Waals surface area contributed by atoms with Crippen molar-refractivity contribution in [3.8, 4) is 28.5 Å². The van der Waals surface area contributed by atoms with Crippen molar-refractivity contribution >= 4 is 40.9 Å². The molecule has 4 aromatic heterocycles. The number of anilines is 1. The van der Waals surface area contributed by atoms with Crippen LogP contribution in [0, 0.1) is 25.5 Å². The summed E-state index contributed by atoms with van der Waals surface area (Å²) in [7, 11) is -4.43. The van der Waals surface area contributed by atoms with Crippen LogP contribution in [0.3, 0.4) is 0 Å². The number of hydrogen-bond donors (Lipinski definition) is 1. The fourth-order valence-corrected chi connectivity index (χ4v) is 6.88. The summed E-state index contributed by atoms with van der Waals surface area (Å²) in [6.07, 6.45) is 4.27. The molecule has 0 unspecified atom stereocenters. The quantitative estimate of drug-likeness (QED) is 0.119. The van der Waals surface area contributed by atoms with E-state index in [0.717, 1.165) is 35.6 Å². The standard InChI is InChI=1S/C30H33ClF2N6O4SSi/c1-18-19(2)39(17-43-11-12-45(4,5)6)29(36-18)28-24-10-7-20(15-38(24)16-35-28)26-22(32)8-9-23(27(26)33)37-44(40,41)25-13-21(31)14-34-30(25)42-3/h7-10,13-16,37H,11-12,17H2,1-6H3. The molecule has 0 aliphatic carbocycles. The van der Waals surface area contributed by atoms with Gasteiger partial charge in [0.25, 0.3) is 10.0 Å². The number of benzene rings is 1. The minimum Gasteiger partial charge on any atom is -0.480 e. The molecule has 5 rings (SSSR count). The molecule has 5 aromatic rings. The van der Waals surface area contributed by atoms with Crippen molar-refractivity contribution in [3.63, 3.8) is 0 Å². The summed E-state index contributed by atoms with van der Waals surface area (Å²) in [5.41, 5.74) is 2.30. The molecular formula is C30H33ClF2N6O4SSi. The number of nitrogens with zero attached hydrogens (tertiary/aromatic N) is 5. The third-order valence-electron chi connectivity index (χ3n) is 7.31. The van der Waals surface area contributed by atoms with Gasteiger partial charge in [0.05, 0.1) is 34.6 Å². The van der Waals surface area contributed by atoms with Crippen molar-refractivity contribution < 1.29 is 26.7 Å². The second-order valence-corrected chi connectivity index (χ2v) is 19.4. The Balaban J connectivity index is 1.48. The van der Waals surface area contributed by atoms with Gasteiger partial charge in [0.1, 0.15) is 24.6 Å². The molecule has 0 atom stereocenters. The predicted molar refractivity (Wildman–Crippen MR) is 172 cm³/mol. The van der Waals surface area contributed by atoms with E-state index in [1.807, 2.05) is 18.4 Å². The molecule has 238 valence electrons. The fraction of sp³-hybridized carbons (Fsp3) is 0.300. The van der Waals surface area contributed by atoms with Crippen LogP contribution in [0.25, 0.3) is 28.2 Å². The molecule has 0 saturated heterocycles. The highest BCUT2D eigenvalue weighted by atomic mass is 35.5. The van der Waals surface area contributed by atoms with Crippen LogP contribution in [0.2, 0.25) is 30.7 Å². The number of hydrogen-bond acceptors (Lipinski definition) is 7. The zero-order valence-corrected chi connectivity index (χ0v) is 28.2. The van der Waals surface area contributed by atoms with Crippen LogP contribution in [-0.4, -0.2) is 54.1 Å². The maximum absolute atomic E-state index is 15.8. The Bertz CT molecular complexity index is 2010. The van der Waals surface area contributed by atoms with Gasteiger partial charge in [-0.15, -0.1) is 0 Å². The molecule has 0 amide bonds. The van der Waals surface area contributed by atoms with Crippen molar-refractivity contribution in [2.45, 2.75) is 51.2 Å². The summed E-state index contributed by atoms with van der Waals surface area (Å²) in [5, 5.41) is 0.0341. The smallest absolute Gasteiger partial charge is 0.267 e. The Hall–Kier alpha value is -3.85. The Kier molecular flexibility index (Phi) is 9.04. The molecule has 0 fully saturated rings. The van der Waals surface area contributed by atoms with Gasteiger partial charge >= 0.3 is 0 Å². The lowest BCUT2D eigenvalue weighted by Gasteiger charge is -2.16. The topological polar surface area (TPSA) is 113 Å². The first-order valence-electron chi connectivity index (χ1n) is 14.0. The van der Waals surface area contributed by atoms with Gasteiger partial charge in [0, 0.05) is 38.3 Å².